The van der Waals surface area contributed by atoms with Gasteiger partial charge in [-0.3, -0.25) is 4.79 Å². The summed E-state index contributed by atoms with van der Waals surface area (Å²) in [4.78, 5) is 13.7. The van der Waals surface area contributed by atoms with Gasteiger partial charge in [0, 0.05) is 15.0 Å². The minimum Gasteiger partial charge on any atom is -0.321 e. The number of aryl methyl sites for hydroxylation is 1. The first-order valence-electron chi connectivity index (χ1n) is 4.89. The van der Waals surface area contributed by atoms with Crippen molar-refractivity contribution in [2.45, 2.75) is 6.92 Å². The van der Waals surface area contributed by atoms with E-state index in [2.05, 4.69) is 21.2 Å². The van der Waals surface area contributed by atoms with Crippen LogP contribution in [0.1, 0.15) is 14.5 Å². The minimum atomic E-state index is -0.0997. The summed E-state index contributed by atoms with van der Waals surface area (Å²) in [5.74, 6) is -0.0997. The van der Waals surface area contributed by atoms with Crippen LogP contribution in [0.25, 0.3) is 0 Å². The van der Waals surface area contributed by atoms with Crippen molar-refractivity contribution in [3.63, 3.8) is 0 Å². The molecule has 0 spiro atoms. The number of nitrogens with one attached hydrogen (secondary N) is 1. The fourth-order valence-electron chi connectivity index (χ4n) is 1.32. The Balaban J connectivity index is 2.15. The second-order valence-electron chi connectivity index (χ2n) is 3.49. The third-order valence-corrected chi connectivity index (χ3v) is 4.36. The molecule has 5 heteroatoms. The Morgan fingerprint density at radius 1 is 1.35 bits per heavy atom. The van der Waals surface area contributed by atoms with Crippen LogP contribution in [-0.2, 0) is 0 Å². The number of carbonyl (C=O) groups excluding carboxylic acids is 1. The van der Waals surface area contributed by atoms with Crippen LogP contribution in [-0.4, -0.2) is 5.91 Å². The van der Waals surface area contributed by atoms with E-state index in [0.29, 0.717) is 9.90 Å². The van der Waals surface area contributed by atoms with Gasteiger partial charge in [0.25, 0.3) is 5.91 Å². The number of carbonyl (C=O) groups is 1. The molecule has 0 atom stereocenters. The van der Waals surface area contributed by atoms with Gasteiger partial charge in [-0.15, -0.1) is 11.3 Å². The molecule has 1 heterocycles. The van der Waals surface area contributed by atoms with Gasteiger partial charge in [0.05, 0.1) is 9.90 Å². The predicted octanol–water partition coefficient (Wildman–Crippen LogP) is 4.72. The van der Waals surface area contributed by atoms with Crippen LogP contribution in [0, 0.1) is 6.92 Å². The second kappa shape index (κ2) is 5.21. The summed E-state index contributed by atoms with van der Waals surface area (Å²) in [5.41, 5.74) is 0.720. The van der Waals surface area contributed by atoms with Crippen LogP contribution in [0.2, 0.25) is 5.02 Å². The van der Waals surface area contributed by atoms with E-state index >= 15 is 0 Å². The van der Waals surface area contributed by atoms with E-state index < -0.39 is 0 Å². The van der Waals surface area contributed by atoms with Crippen molar-refractivity contribution in [1.29, 1.82) is 0 Å². The van der Waals surface area contributed by atoms with Crippen molar-refractivity contribution in [3.05, 3.63) is 49.6 Å². The molecule has 0 radical (unpaired) electrons. The summed E-state index contributed by atoms with van der Waals surface area (Å²) < 4.78 is 0.763. The zero-order chi connectivity index (χ0) is 12.4. The van der Waals surface area contributed by atoms with Gasteiger partial charge in [-0.25, -0.2) is 0 Å². The maximum absolute atomic E-state index is 11.9. The quantitative estimate of drug-likeness (QED) is 0.847. The molecule has 88 valence electrons. The number of hydrogen-bond acceptors (Lipinski definition) is 2. The number of anilines is 1. The molecule has 1 aromatic carbocycles. The second-order valence-corrected chi connectivity index (χ2v) is 6.04. The minimum absolute atomic E-state index is 0.0997. The highest BCUT2D eigenvalue weighted by atomic mass is 79.9. The van der Waals surface area contributed by atoms with E-state index in [0.717, 1.165) is 15.0 Å². The lowest BCUT2D eigenvalue weighted by molar-refractivity contribution is 0.103. The third-order valence-electron chi connectivity index (χ3n) is 2.14. The Morgan fingerprint density at radius 2 is 2.12 bits per heavy atom. The van der Waals surface area contributed by atoms with E-state index in [9.17, 15) is 4.79 Å². The van der Waals surface area contributed by atoms with E-state index in [1.807, 2.05) is 19.1 Å². The fourth-order valence-corrected chi connectivity index (χ4v) is 2.58. The molecular weight excluding hydrogens is 322 g/mol. The zero-order valence-corrected chi connectivity index (χ0v) is 12.1. The largest absolute Gasteiger partial charge is 0.321 e. The summed E-state index contributed by atoms with van der Waals surface area (Å²) in [5, 5.41) is 3.44. The average molecular weight is 331 g/mol. The maximum Gasteiger partial charge on any atom is 0.265 e. The van der Waals surface area contributed by atoms with Gasteiger partial charge in [0.1, 0.15) is 0 Å². The van der Waals surface area contributed by atoms with Gasteiger partial charge in [-0.1, -0.05) is 11.6 Å². The van der Waals surface area contributed by atoms with Gasteiger partial charge < -0.3 is 5.32 Å². The number of thiophene rings is 1. The lowest BCUT2D eigenvalue weighted by Gasteiger charge is -2.04. The molecule has 0 unspecified atom stereocenters. The van der Waals surface area contributed by atoms with Gasteiger partial charge in [0.2, 0.25) is 0 Å². The van der Waals surface area contributed by atoms with E-state index in [-0.39, 0.29) is 5.91 Å². The third kappa shape index (κ3) is 3.09. The highest BCUT2D eigenvalue weighted by Gasteiger charge is 2.08. The van der Waals surface area contributed by atoms with E-state index in [4.69, 9.17) is 11.6 Å². The van der Waals surface area contributed by atoms with Crippen LogP contribution in [0.4, 0.5) is 5.69 Å². The van der Waals surface area contributed by atoms with Crippen molar-refractivity contribution in [2.75, 3.05) is 5.32 Å². The molecule has 0 fully saturated rings. The van der Waals surface area contributed by atoms with Gasteiger partial charge in [-0.05, 0) is 53.2 Å². The Hall–Kier alpha value is -0.840. The Labute approximate surface area is 117 Å². The molecule has 2 nitrogen and oxygen atoms in total. The topological polar surface area (TPSA) is 29.1 Å². The number of hydrogen-bond donors (Lipinski definition) is 1. The summed E-state index contributed by atoms with van der Waals surface area (Å²) in [6.45, 7) is 1.97. The van der Waals surface area contributed by atoms with Crippen LogP contribution in [0.15, 0.2) is 34.8 Å². The first-order valence-corrected chi connectivity index (χ1v) is 6.88. The van der Waals surface area contributed by atoms with Crippen molar-refractivity contribution in [3.8, 4) is 0 Å². The summed E-state index contributed by atoms with van der Waals surface area (Å²) in [6.07, 6.45) is 0. The molecular formula is C12H9BrClNOS. The van der Waals surface area contributed by atoms with Crippen molar-refractivity contribution in [1.82, 2.24) is 0 Å². The fraction of sp³-hybridized carbons (Fsp3) is 0.0833. The number of benzene rings is 1. The van der Waals surface area contributed by atoms with Crippen molar-refractivity contribution < 1.29 is 4.79 Å². The van der Waals surface area contributed by atoms with Crippen LogP contribution < -0.4 is 5.32 Å². The summed E-state index contributed by atoms with van der Waals surface area (Å²) in [7, 11) is 0. The monoisotopic (exact) mass is 329 g/mol. The summed E-state index contributed by atoms with van der Waals surface area (Å²) >= 11 is 10.7. The average Bonchev–Trinajstić information content (AvgIpc) is 2.70. The van der Waals surface area contributed by atoms with Crippen molar-refractivity contribution >= 4 is 50.5 Å². The molecule has 0 aliphatic heterocycles. The molecule has 0 aliphatic rings. The Kier molecular flexibility index (Phi) is 3.86. The lowest BCUT2D eigenvalue weighted by Crippen LogP contribution is -2.09. The van der Waals surface area contributed by atoms with E-state index in [1.165, 1.54) is 11.3 Å². The van der Waals surface area contributed by atoms with Gasteiger partial charge >= 0.3 is 0 Å². The molecule has 2 aromatic rings. The van der Waals surface area contributed by atoms with Crippen LogP contribution >= 0.6 is 38.9 Å². The molecule has 0 saturated carbocycles. The first-order chi connectivity index (χ1) is 8.06. The Bertz CT molecular complexity index is 567. The molecule has 0 bridgehead atoms. The normalized spacial score (nSPS) is 10.3. The highest BCUT2D eigenvalue weighted by Crippen LogP contribution is 2.26. The highest BCUT2D eigenvalue weighted by molar-refractivity contribution is 9.10. The number of amides is 1. The smallest absolute Gasteiger partial charge is 0.265 e. The predicted molar refractivity (Wildman–Crippen MR) is 76.2 cm³/mol. The molecule has 1 aromatic heterocycles. The van der Waals surface area contributed by atoms with Crippen LogP contribution in [0.5, 0.6) is 0 Å². The molecule has 0 aliphatic carbocycles. The standard InChI is InChI=1S/C12H9BrClNOS/c1-7-2-5-11(17-7)12(16)15-8-3-4-10(14)9(13)6-8/h2-6H,1H3,(H,15,16). The molecule has 1 N–H and O–H groups in total. The zero-order valence-electron chi connectivity index (χ0n) is 8.96. The number of rotatable bonds is 2. The Morgan fingerprint density at radius 3 is 2.71 bits per heavy atom. The lowest BCUT2D eigenvalue weighted by atomic mass is 10.3. The number of halogens is 2. The maximum atomic E-state index is 11.9. The first kappa shape index (κ1) is 12.6. The molecule has 1 amide bonds. The van der Waals surface area contributed by atoms with Crippen molar-refractivity contribution in [2.24, 2.45) is 0 Å². The van der Waals surface area contributed by atoms with Crippen LogP contribution in [0.3, 0.4) is 0 Å². The SMILES string of the molecule is Cc1ccc(C(=O)Nc2ccc(Cl)c(Br)c2)s1. The molecule has 17 heavy (non-hydrogen) atoms. The summed E-state index contributed by atoms with van der Waals surface area (Å²) in [6, 6.07) is 9.03. The van der Waals surface area contributed by atoms with Gasteiger partial charge in [0.15, 0.2) is 0 Å². The van der Waals surface area contributed by atoms with E-state index in [1.54, 1.807) is 18.2 Å². The van der Waals surface area contributed by atoms with Gasteiger partial charge in [-0.2, -0.15) is 0 Å². The molecule has 0 saturated heterocycles. The molecule has 2 rings (SSSR count).